The normalized spacial score (nSPS) is 24.7. The van der Waals surface area contributed by atoms with E-state index in [0.29, 0.717) is 0 Å². The van der Waals surface area contributed by atoms with Crippen LogP contribution in [0.4, 0.5) is 0 Å². The van der Waals surface area contributed by atoms with Crippen LogP contribution in [-0.4, -0.2) is 11.9 Å². The summed E-state index contributed by atoms with van der Waals surface area (Å²) in [6.45, 7) is 4.28. The second kappa shape index (κ2) is 7.56. The average Bonchev–Trinajstić information content (AvgIpc) is 3.10. The molecule has 26 heavy (non-hydrogen) atoms. The van der Waals surface area contributed by atoms with Crippen LogP contribution in [0.25, 0.3) is 5.57 Å². The molecule has 2 aliphatic rings. The van der Waals surface area contributed by atoms with Crippen LogP contribution in [0.3, 0.4) is 0 Å². The number of rotatable bonds is 3. The summed E-state index contributed by atoms with van der Waals surface area (Å²) in [5.74, 6) is -0.631. The molecule has 2 aromatic rings. The molecule has 2 aromatic carbocycles. The van der Waals surface area contributed by atoms with Gasteiger partial charge in [0, 0.05) is 21.8 Å². The highest BCUT2D eigenvalue weighted by atomic mass is 79.9. The molecule has 1 aliphatic heterocycles. The lowest BCUT2D eigenvalue weighted by atomic mass is 9.93. The molecule has 1 saturated heterocycles. The van der Waals surface area contributed by atoms with Gasteiger partial charge in [-0.1, -0.05) is 62.7 Å². The molecule has 0 amide bonds. The summed E-state index contributed by atoms with van der Waals surface area (Å²) in [4.78, 5) is 11.7. The van der Waals surface area contributed by atoms with Gasteiger partial charge in [0.25, 0.3) is 0 Å². The molecule has 1 heterocycles. The molecule has 0 unspecified atom stereocenters. The lowest BCUT2D eigenvalue weighted by molar-refractivity contribution is -0.493. The molecule has 1 saturated carbocycles. The predicted octanol–water partition coefficient (Wildman–Crippen LogP) is 6.58. The van der Waals surface area contributed by atoms with Gasteiger partial charge in [0.05, 0.1) is 0 Å². The van der Waals surface area contributed by atoms with Gasteiger partial charge >= 0.3 is 0 Å². The highest BCUT2D eigenvalue weighted by Gasteiger charge is 2.48. The molecule has 1 aliphatic carbocycles. The first kappa shape index (κ1) is 18.4. The summed E-state index contributed by atoms with van der Waals surface area (Å²) in [6, 6.07) is 16.2. The van der Waals surface area contributed by atoms with Gasteiger partial charge in [0.2, 0.25) is 5.79 Å². The maximum absolute atomic E-state index is 6.51. The Hall–Kier alpha value is -0.980. The van der Waals surface area contributed by atoms with Gasteiger partial charge in [-0.05, 0) is 53.8 Å². The molecule has 0 radical (unpaired) electrons. The van der Waals surface area contributed by atoms with Crippen LogP contribution in [0, 0.1) is 0 Å². The summed E-state index contributed by atoms with van der Waals surface area (Å²) < 4.78 is 8.57. The molecule has 0 aromatic heterocycles. The summed E-state index contributed by atoms with van der Waals surface area (Å²) >= 11 is 6.97. The quantitative estimate of drug-likeness (QED) is 0.465. The van der Waals surface area contributed by atoms with Crippen LogP contribution in [0.15, 0.2) is 64.1 Å². The summed E-state index contributed by atoms with van der Waals surface area (Å²) in [7, 11) is 0. The molecule has 5 heteroatoms. The number of hydrogen-bond donors (Lipinski definition) is 0. The molecule has 2 fully saturated rings. The van der Waals surface area contributed by atoms with Gasteiger partial charge < -0.3 is 4.74 Å². The third-order valence-corrected chi connectivity index (χ3v) is 6.10. The molecule has 0 N–H and O–H groups in total. The van der Waals surface area contributed by atoms with Crippen molar-refractivity contribution < 1.29 is 14.5 Å². The van der Waals surface area contributed by atoms with Crippen molar-refractivity contribution in [1.29, 1.82) is 0 Å². The highest BCUT2D eigenvalue weighted by Crippen LogP contribution is 2.46. The Bertz CT molecular complexity index is 780. The second-order valence-electron chi connectivity index (χ2n) is 6.84. The Morgan fingerprint density at radius 2 is 1.50 bits per heavy atom. The minimum Gasteiger partial charge on any atom is -0.336 e. The van der Waals surface area contributed by atoms with Crippen molar-refractivity contribution in [2.45, 2.75) is 43.7 Å². The zero-order chi connectivity index (χ0) is 18.1. The van der Waals surface area contributed by atoms with Gasteiger partial charge in [-0.3, -0.25) is 0 Å². The minimum absolute atomic E-state index is 0.258. The van der Waals surface area contributed by atoms with E-state index < -0.39 is 11.9 Å². The predicted molar refractivity (Wildman–Crippen MR) is 108 cm³/mol. The standard InChI is InChI=1S/C21H20Br2O3/c1-14(15-4-8-17(22)9-5-15)19-20(16-6-10-18(23)11-7-16)24-21(26-25-19)12-2-3-13-21/h4-11,19-20H,1-3,12-13H2/t19-,20-/m1/s1. The average molecular weight is 480 g/mol. The Morgan fingerprint density at radius 1 is 0.923 bits per heavy atom. The largest absolute Gasteiger partial charge is 0.336 e. The molecule has 4 rings (SSSR count). The summed E-state index contributed by atoms with van der Waals surface area (Å²) in [5.41, 5.74) is 2.92. The Kier molecular flexibility index (Phi) is 5.35. The SMILES string of the molecule is C=C(c1ccc(Br)cc1)[C@H]1OOC2(CCCC2)O[C@@H]1c1ccc(Br)cc1. The first-order valence-corrected chi connectivity index (χ1v) is 10.4. The van der Waals surface area contributed by atoms with Crippen molar-refractivity contribution in [2.24, 2.45) is 0 Å². The lowest BCUT2D eigenvalue weighted by Gasteiger charge is -2.42. The van der Waals surface area contributed by atoms with Crippen molar-refractivity contribution in [3.63, 3.8) is 0 Å². The van der Waals surface area contributed by atoms with Crippen molar-refractivity contribution in [1.82, 2.24) is 0 Å². The maximum Gasteiger partial charge on any atom is 0.202 e. The molecule has 0 bridgehead atoms. The third kappa shape index (κ3) is 3.69. The maximum atomic E-state index is 6.51. The van der Waals surface area contributed by atoms with E-state index in [1.807, 2.05) is 36.4 Å². The van der Waals surface area contributed by atoms with Gasteiger partial charge in [0.1, 0.15) is 12.2 Å². The van der Waals surface area contributed by atoms with E-state index in [1.54, 1.807) is 0 Å². The first-order chi connectivity index (χ1) is 12.6. The first-order valence-electron chi connectivity index (χ1n) is 8.79. The number of halogens is 2. The van der Waals surface area contributed by atoms with Crippen molar-refractivity contribution >= 4 is 37.4 Å². The van der Waals surface area contributed by atoms with Crippen LogP contribution in [-0.2, 0) is 14.5 Å². The van der Waals surface area contributed by atoms with Crippen LogP contribution in [0.5, 0.6) is 0 Å². The van der Waals surface area contributed by atoms with Crippen LogP contribution in [0.1, 0.15) is 42.9 Å². The second-order valence-corrected chi connectivity index (χ2v) is 8.67. The van der Waals surface area contributed by atoms with Crippen LogP contribution in [0.2, 0.25) is 0 Å². The van der Waals surface area contributed by atoms with Gasteiger partial charge in [-0.2, -0.15) is 0 Å². The van der Waals surface area contributed by atoms with Crippen molar-refractivity contribution in [3.05, 3.63) is 75.2 Å². The van der Waals surface area contributed by atoms with Gasteiger partial charge in [0.15, 0.2) is 0 Å². The molecular weight excluding hydrogens is 460 g/mol. The Labute approximate surface area is 170 Å². The van der Waals surface area contributed by atoms with Crippen molar-refractivity contribution in [3.8, 4) is 0 Å². The van der Waals surface area contributed by atoms with Crippen LogP contribution >= 0.6 is 31.9 Å². The fraction of sp³-hybridized carbons (Fsp3) is 0.333. The smallest absolute Gasteiger partial charge is 0.202 e. The van der Waals surface area contributed by atoms with Gasteiger partial charge in [-0.25, -0.2) is 9.78 Å². The van der Waals surface area contributed by atoms with E-state index in [-0.39, 0.29) is 6.10 Å². The lowest BCUT2D eigenvalue weighted by Crippen LogP contribution is -2.45. The van der Waals surface area contributed by atoms with E-state index in [9.17, 15) is 0 Å². The Balaban J connectivity index is 1.66. The fourth-order valence-corrected chi connectivity index (χ4v) is 4.11. The molecule has 2 atom stereocenters. The molecule has 1 spiro atoms. The van der Waals surface area contributed by atoms with E-state index in [4.69, 9.17) is 14.5 Å². The van der Waals surface area contributed by atoms with E-state index in [1.165, 1.54) is 0 Å². The monoisotopic (exact) mass is 478 g/mol. The summed E-state index contributed by atoms with van der Waals surface area (Å²) in [5, 5.41) is 0. The number of ether oxygens (including phenoxy) is 1. The third-order valence-electron chi connectivity index (χ3n) is 5.04. The highest BCUT2D eigenvalue weighted by molar-refractivity contribution is 9.10. The molecule has 3 nitrogen and oxygen atoms in total. The molecular formula is C21H20Br2O3. The minimum atomic E-state index is -0.631. The molecule has 136 valence electrons. The van der Waals surface area contributed by atoms with E-state index in [2.05, 4.69) is 50.6 Å². The van der Waals surface area contributed by atoms with E-state index in [0.717, 1.165) is 51.3 Å². The fourth-order valence-electron chi connectivity index (χ4n) is 3.58. The topological polar surface area (TPSA) is 27.7 Å². The van der Waals surface area contributed by atoms with Crippen LogP contribution < -0.4 is 0 Å². The number of hydrogen-bond acceptors (Lipinski definition) is 3. The zero-order valence-electron chi connectivity index (χ0n) is 14.3. The number of benzene rings is 2. The summed E-state index contributed by atoms with van der Waals surface area (Å²) in [6.07, 6.45) is 3.24. The van der Waals surface area contributed by atoms with Crippen molar-refractivity contribution in [2.75, 3.05) is 0 Å². The Morgan fingerprint density at radius 3 is 2.12 bits per heavy atom. The van der Waals surface area contributed by atoms with Gasteiger partial charge in [-0.15, -0.1) is 0 Å². The zero-order valence-corrected chi connectivity index (χ0v) is 17.5. The van der Waals surface area contributed by atoms with E-state index >= 15 is 0 Å².